The van der Waals surface area contributed by atoms with Gasteiger partial charge < -0.3 is 8.98 Å². The van der Waals surface area contributed by atoms with Crippen molar-refractivity contribution in [1.82, 2.24) is 24.3 Å². The number of hydrogen-bond donors (Lipinski definition) is 0. The maximum Gasteiger partial charge on any atom is 0.227 e. The third kappa shape index (κ3) is 3.46. The van der Waals surface area contributed by atoms with Crippen molar-refractivity contribution in [3.63, 3.8) is 0 Å². The zero-order chi connectivity index (χ0) is 25.8. The van der Waals surface area contributed by atoms with E-state index in [1.165, 1.54) is 0 Å². The Balaban J connectivity index is 1.43. The largest absolute Gasteiger partial charge is 0.436 e. The molecule has 0 aliphatic heterocycles. The summed E-state index contributed by atoms with van der Waals surface area (Å²) in [6, 6.07) is 37.0. The summed E-state index contributed by atoms with van der Waals surface area (Å²) in [4.78, 5) is 9.34. The fourth-order valence-electron chi connectivity index (χ4n) is 5.40. The number of oxazole rings is 1. The molecular formula is C33H21N5O. The van der Waals surface area contributed by atoms with Gasteiger partial charge in [-0.25, -0.2) is 9.67 Å². The number of pyridine rings is 1. The molecule has 4 heterocycles. The van der Waals surface area contributed by atoms with Crippen molar-refractivity contribution in [2.75, 3.05) is 0 Å². The second-order valence-electron chi connectivity index (χ2n) is 9.44. The van der Waals surface area contributed by atoms with Crippen LogP contribution >= 0.6 is 0 Å². The highest BCUT2D eigenvalue weighted by atomic mass is 16.3. The minimum Gasteiger partial charge on any atom is -0.436 e. The molecule has 8 aromatic rings. The van der Waals surface area contributed by atoms with Crippen molar-refractivity contribution in [1.29, 1.82) is 0 Å². The summed E-state index contributed by atoms with van der Waals surface area (Å²) in [6.07, 6.45) is 5.61. The summed E-state index contributed by atoms with van der Waals surface area (Å²) in [5, 5.41) is 6.80. The number of benzene rings is 4. The molecule has 6 nitrogen and oxygen atoms in total. The van der Waals surface area contributed by atoms with E-state index in [-0.39, 0.29) is 0 Å². The maximum atomic E-state index is 6.14. The van der Waals surface area contributed by atoms with E-state index >= 15 is 0 Å². The van der Waals surface area contributed by atoms with Crippen LogP contribution in [0.5, 0.6) is 0 Å². The second kappa shape index (κ2) is 8.53. The Kier molecular flexibility index (Phi) is 4.72. The Hall–Kier alpha value is -5.49. The second-order valence-corrected chi connectivity index (χ2v) is 9.44. The maximum absolute atomic E-state index is 6.14. The van der Waals surface area contributed by atoms with Gasteiger partial charge >= 0.3 is 0 Å². The first-order valence-corrected chi connectivity index (χ1v) is 12.8. The summed E-state index contributed by atoms with van der Waals surface area (Å²) in [6.45, 7) is 0. The van der Waals surface area contributed by atoms with Crippen molar-refractivity contribution in [3.05, 3.63) is 128 Å². The topological polar surface area (TPSA) is 61.7 Å². The van der Waals surface area contributed by atoms with Crippen LogP contribution in [-0.4, -0.2) is 24.3 Å². The third-order valence-electron chi connectivity index (χ3n) is 7.13. The average Bonchev–Trinajstić information content (AvgIpc) is 3.75. The fraction of sp³-hybridized carbons (Fsp3) is 0. The van der Waals surface area contributed by atoms with Crippen LogP contribution in [0.4, 0.5) is 0 Å². The molecule has 0 radical (unpaired) electrons. The first kappa shape index (κ1) is 21.6. The molecule has 0 bridgehead atoms. The standard InChI is InChI=1S/C33H21N5O/c1-2-14-31-27(11-1)36-33(39-31)23-15-16-25-30(21-23)38(24-9-5-8-22(20-24)26-10-3-4-17-34-26)29-13-6-12-28(32(25)29)37-19-7-18-35-37/h1-21H. The van der Waals surface area contributed by atoms with Crippen LogP contribution < -0.4 is 0 Å². The zero-order valence-electron chi connectivity index (χ0n) is 20.8. The molecule has 0 unspecified atom stereocenters. The number of rotatable bonds is 4. The van der Waals surface area contributed by atoms with Gasteiger partial charge in [-0.15, -0.1) is 0 Å². The van der Waals surface area contributed by atoms with Gasteiger partial charge in [0.25, 0.3) is 0 Å². The number of fused-ring (bicyclic) bond motifs is 4. The van der Waals surface area contributed by atoms with E-state index in [1.54, 1.807) is 6.20 Å². The SMILES string of the molecule is c1ccc(-c2cccc(-n3c4cc(-c5nc6ccccc6o5)ccc4c4c(-n5cccn5)cccc43)c2)nc1. The molecule has 8 rings (SSSR count). The lowest BCUT2D eigenvalue weighted by atomic mass is 10.1. The van der Waals surface area contributed by atoms with Crippen LogP contribution in [0, 0.1) is 0 Å². The lowest BCUT2D eigenvalue weighted by Crippen LogP contribution is -1.97. The molecule has 0 amide bonds. The van der Waals surface area contributed by atoms with Crippen LogP contribution in [0.1, 0.15) is 0 Å². The van der Waals surface area contributed by atoms with Gasteiger partial charge in [-0.1, -0.05) is 42.5 Å². The quantitative estimate of drug-likeness (QED) is 0.245. The summed E-state index contributed by atoms with van der Waals surface area (Å²) in [5.74, 6) is 0.601. The Morgan fingerprint density at radius 2 is 1.59 bits per heavy atom. The average molecular weight is 504 g/mol. The fourth-order valence-corrected chi connectivity index (χ4v) is 5.40. The molecule has 0 saturated carbocycles. The van der Waals surface area contributed by atoms with Crippen molar-refractivity contribution in [3.8, 4) is 34.1 Å². The predicted octanol–water partition coefficient (Wildman–Crippen LogP) is 7.84. The van der Waals surface area contributed by atoms with E-state index in [1.807, 2.05) is 65.6 Å². The van der Waals surface area contributed by atoms with Crippen molar-refractivity contribution in [2.24, 2.45) is 0 Å². The van der Waals surface area contributed by atoms with Gasteiger partial charge in [0, 0.05) is 46.2 Å². The van der Waals surface area contributed by atoms with Crippen LogP contribution in [0.3, 0.4) is 0 Å². The van der Waals surface area contributed by atoms with Gasteiger partial charge in [0.15, 0.2) is 5.58 Å². The lowest BCUT2D eigenvalue weighted by molar-refractivity contribution is 0.620. The summed E-state index contributed by atoms with van der Waals surface area (Å²) < 4.78 is 10.4. The van der Waals surface area contributed by atoms with E-state index in [2.05, 4.69) is 75.3 Å². The van der Waals surface area contributed by atoms with E-state index in [0.717, 1.165) is 61.1 Å². The van der Waals surface area contributed by atoms with Gasteiger partial charge in [0.2, 0.25) is 5.89 Å². The first-order chi connectivity index (χ1) is 19.3. The molecule has 0 atom stereocenters. The van der Waals surface area contributed by atoms with Gasteiger partial charge in [0.1, 0.15) is 5.52 Å². The molecule has 4 aromatic heterocycles. The molecule has 0 aliphatic carbocycles. The molecule has 4 aromatic carbocycles. The van der Waals surface area contributed by atoms with E-state index in [0.29, 0.717) is 5.89 Å². The highest BCUT2D eigenvalue weighted by Gasteiger charge is 2.19. The number of para-hydroxylation sites is 2. The third-order valence-corrected chi connectivity index (χ3v) is 7.13. The number of aromatic nitrogens is 5. The molecule has 0 spiro atoms. The molecule has 0 fully saturated rings. The zero-order valence-corrected chi connectivity index (χ0v) is 20.8. The Bertz CT molecular complexity index is 2090. The van der Waals surface area contributed by atoms with E-state index in [4.69, 9.17) is 9.40 Å². The van der Waals surface area contributed by atoms with Crippen LogP contribution in [0.15, 0.2) is 132 Å². The molecule has 0 aliphatic rings. The molecule has 184 valence electrons. The molecule has 39 heavy (non-hydrogen) atoms. The molecule has 0 N–H and O–H groups in total. The Labute approximate surface area is 223 Å². The highest BCUT2D eigenvalue weighted by molar-refractivity contribution is 6.13. The van der Waals surface area contributed by atoms with Crippen LogP contribution in [0.25, 0.3) is 67.0 Å². The number of hydrogen-bond acceptors (Lipinski definition) is 4. The Morgan fingerprint density at radius 1 is 0.667 bits per heavy atom. The van der Waals surface area contributed by atoms with Gasteiger partial charge in [-0.05, 0) is 66.7 Å². The van der Waals surface area contributed by atoms with Crippen molar-refractivity contribution >= 4 is 32.9 Å². The molecule has 6 heteroatoms. The Morgan fingerprint density at radius 3 is 2.46 bits per heavy atom. The van der Waals surface area contributed by atoms with Gasteiger partial charge in [-0.2, -0.15) is 5.10 Å². The van der Waals surface area contributed by atoms with Crippen molar-refractivity contribution < 1.29 is 4.42 Å². The van der Waals surface area contributed by atoms with Gasteiger partial charge in [-0.3, -0.25) is 4.98 Å². The monoisotopic (exact) mass is 503 g/mol. The smallest absolute Gasteiger partial charge is 0.227 e. The van der Waals surface area contributed by atoms with Gasteiger partial charge in [0.05, 0.1) is 22.4 Å². The lowest BCUT2D eigenvalue weighted by Gasteiger charge is -2.11. The first-order valence-electron chi connectivity index (χ1n) is 12.8. The summed E-state index contributed by atoms with van der Waals surface area (Å²) in [5.41, 5.74) is 8.75. The minimum absolute atomic E-state index is 0.601. The van der Waals surface area contributed by atoms with E-state index < -0.39 is 0 Å². The summed E-state index contributed by atoms with van der Waals surface area (Å²) in [7, 11) is 0. The molecular weight excluding hydrogens is 482 g/mol. The normalized spacial score (nSPS) is 11.6. The van der Waals surface area contributed by atoms with Crippen molar-refractivity contribution in [2.45, 2.75) is 0 Å². The van der Waals surface area contributed by atoms with E-state index in [9.17, 15) is 0 Å². The van der Waals surface area contributed by atoms with Crippen LogP contribution in [0.2, 0.25) is 0 Å². The highest BCUT2D eigenvalue weighted by Crippen LogP contribution is 2.38. The summed E-state index contributed by atoms with van der Waals surface area (Å²) >= 11 is 0. The minimum atomic E-state index is 0.601. The predicted molar refractivity (Wildman–Crippen MR) is 154 cm³/mol. The van der Waals surface area contributed by atoms with Crippen LogP contribution in [-0.2, 0) is 0 Å². The number of nitrogens with zero attached hydrogens (tertiary/aromatic N) is 5. The molecule has 0 saturated heterocycles.